The molecule has 0 aliphatic heterocycles. The molecule has 2 aliphatic carbocycles. The number of thiophene rings is 1. The van der Waals surface area contributed by atoms with Crippen molar-refractivity contribution in [1.29, 1.82) is 0 Å². The number of hydrogen-bond acceptors (Lipinski definition) is 1. The van der Waals surface area contributed by atoms with Gasteiger partial charge < -0.3 is 9.13 Å². The fourth-order valence-electron chi connectivity index (χ4n) is 9.68. The molecule has 0 saturated heterocycles. The van der Waals surface area contributed by atoms with Crippen LogP contribution in [0.25, 0.3) is 86.2 Å². The van der Waals surface area contributed by atoms with Gasteiger partial charge in [-0.05, 0) is 107 Å². The van der Waals surface area contributed by atoms with E-state index in [1.165, 1.54) is 103 Å². The van der Waals surface area contributed by atoms with Crippen molar-refractivity contribution in [2.75, 3.05) is 0 Å². The molecular formula is C54H38N2S. The summed E-state index contributed by atoms with van der Waals surface area (Å²) in [7, 11) is 0. The Morgan fingerprint density at radius 3 is 2.05 bits per heavy atom. The molecule has 0 spiro atoms. The van der Waals surface area contributed by atoms with E-state index < -0.39 is 0 Å². The first-order chi connectivity index (χ1) is 28.2. The molecule has 1 atom stereocenters. The van der Waals surface area contributed by atoms with Crippen molar-refractivity contribution in [2.45, 2.75) is 25.3 Å². The first kappa shape index (κ1) is 32.6. The van der Waals surface area contributed by atoms with Gasteiger partial charge in [0.05, 0.1) is 17.1 Å². The van der Waals surface area contributed by atoms with E-state index in [4.69, 9.17) is 0 Å². The number of nitrogens with zero attached hydrogens (tertiary/aromatic N) is 2. The Labute approximate surface area is 335 Å². The molecule has 57 heavy (non-hydrogen) atoms. The number of fused-ring (bicyclic) bond motifs is 9. The van der Waals surface area contributed by atoms with Gasteiger partial charge in [0.1, 0.15) is 0 Å². The summed E-state index contributed by atoms with van der Waals surface area (Å²) in [5, 5.41) is 7.78. The third-order valence-corrected chi connectivity index (χ3v) is 13.5. The molecular weight excluding hydrogens is 709 g/mol. The van der Waals surface area contributed by atoms with Gasteiger partial charge in [-0.1, -0.05) is 134 Å². The minimum atomic E-state index is 0.185. The van der Waals surface area contributed by atoms with Crippen molar-refractivity contribution < 1.29 is 0 Å². The van der Waals surface area contributed by atoms with Gasteiger partial charge in [-0.2, -0.15) is 0 Å². The van der Waals surface area contributed by atoms with Gasteiger partial charge in [-0.3, -0.25) is 0 Å². The molecule has 0 saturated carbocycles. The third kappa shape index (κ3) is 5.23. The monoisotopic (exact) mass is 746 g/mol. The Balaban J connectivity index is 1.02. The molecule has 10 aromatic rings. The summed E-state index contributed by atoms with van der Waals surface area (Å²) in [5.74, 6) is 0. The van der Waals surface area contributed by atoms with E-state index in [2.05, 4.69) is 197 Å². The van der Waals surface area contributed by atoms with E-state index in [0.29, 0.717) is 0 Å². The van der Waals surface area contributed by atoms with E-state index in [9.17, 15) is 0 Å². The predicted molar refractivity (Wildman–Crippen MR) is 245 cm³/mol. The molecule has 0 fully saturated rings. The molecule has 3 aromatic heterocycles. The minimum Gasteiger partial charge on any atom is -0.333 e. The number of benzene rings is 7. The second-order valence-electron chi connectivity index (χ2n) is 15.6. The SMILES string of the molecule is C1=CCCC(C2=CC(c3ccccc3)=CC(n3c4ccccc4c4cc(-c5ccc6c7ccccc7n(-c7ccc8sc9ccccc9c8c7)c6c5)ccc43)C2)=C1. The Morgan fingerprint density at radius 1 is 0.491 bits per heavy atom. The highest BCUT2D eigenvalue weighted by molar-refractivity contribution is 7.25. The van der Waals surface area contributed by atoms with Gasteiger partial charge in [-0.25, -0.2) is 0 Å². The van der Waals surface area contributed by atoms with Gasteiger partial charge in [0, 0.05) is 58.4 Å². The zero-order valence-electron chi connectivity index (χ0n) is 31.4. The van der Waals surface area contributed by atoms with Crippen molar-refractivity contribution in [3.05, 3.63) is 205 Å². The smallest absolute Gasteiger partial charge is 0.0572 e. The molecule has 1 unspecified atom stereocenters. The van der Waals surface area contributed by atoms with Crippen LogP contribution in [0.15, 0.2) is 199 Å². The second-order valence-corrected chi connectivity index (χ2v) is 16.7. The summed E-state index contributed by atoms with van der Waals surface area (Å²) in [4.78, 5) is 0. The maximum atomic E-state index is 2.61. The van der Waals surface area contributed by atoms with Crippen LogP contribution in [0.5, 0.6) is 0 Å². The van der Waals surface area contributed by atoms with E-state index >= 15 is 0 Å². The predicted octanol–water partition coefficient (Wildman–Crippen LogP) is 15.2. The Kier molecular flexibility index (Phi) is 7.39. The molecule has 0 bridgehead atoms. The average Bonchev–Trinajstić information content (AvgIpc) is 3.94. The zero-order valence-corrected chi connectivity index (χ0v) is 32.2. The van der Waals surface area contributed by atoms with Crippen molar-refractivity contribution >= 4 is 80.7 Å². The van der Waals surface area contributed by atoms with Gasteiger partial charge >= 0.3 is 0 Å². The largest absolute Gasteiger partial charge is 0.333 e. The van der Waals surface area contributed by atoms with Crippen LogP contribution in [0.4, 0.5) is 0 Å². The lowest BCUT2D eigenvalue weighted by Crippen LogP contribution is -2.12. The number of hydrogen-bond donors (Lipinski definition) is 0. The standard InChI is InChI=1S/C54H38N2S/c1-3-13-35(14-4-1)39-29-40(36-15-5-2-6-16-36)31-42(30-39)56-50-21-11-8-18-44(50)47-32-37(24-27-51(47)56)38-23-26-45-43-17-7-10-20-49(43)55(52(45)33-38)41-25-28-54-48(34-41)46-19-9-12-22-53(46)57-54/h1-5,7-15,17-30,32-34,42H,6,16,31H2. The fraction of sp³-hybridized carbons (Fsp3) is 0.0741. The minimum absolute atomic E-state index is 0.185. The summed E-state index contributed by atoms with van der Waals surface area (Å²) in [6.07, 6.45) is 15.0. The summed E-state index contributed by atoms with van der Waals surface area (Å²) < 4.78 is 7.73. The molecule has 12 rings (SSSR count). The number of allylic oxidation sites excluding steroid dienone is 8. The Morgan fingerprint density at radius 2 is 1.19 bits per heavy atom. The highest BCUT2D eigenvalue weighted by Crippen LogP contribution is 2.43. The highest BCUT2D eigenvalue weighted by atomic mass is 32.1. The molecule has 2 aliphatic rings. The average molecular weight is 747 g/mol. The fourth-order valence-corrected chi connectivity index (χ4v) is 10.8. The van der Waals surface area contributed by atoms with Gasteiger partial charge in [0.15, 0.2) is 0 Å². The first-order valence-electron chi connectivity index (χ1n) is 20.1. The Bertz CT molecular complexity index is 3380. The van der Waals surface area contributed by atoms with Crippen LogP contribution in [-0.4, -0.2) is 9.13 Å². The maximum absolute atomic E-state index is 2.61. The molecule has 3 heterocycles. The first-order valence-corrected chi connectivity index (χ1v) is 20.9. The quantitative estimate of drug-likeness (QED) is 0.166. The van der Waals surface area contributed by atoms with Gasteiger partial charge in [0.2, 0.25) is 0 Å². The molecule has 0 N–H and O–H groups in total. The maximum Gasteiger partial charge on any atom is 0.0572 e. The molecule has 0 radical (unpaired) electrons. The van der Waals surface area contributed by atoms with E-state index in [1.54, 1.807) is 0 Å². The molecule has 7 aromatic carbocycles. The summed E-state index contributed by atoms with van der Waals surface area (Å²) in [5.41, 5.74) is 14.1. The van der Waals surface area contributed by atoms with Gasteiger partial charge in [0.25, 0.3) is 0 Å². The second kappa shape index (κ2) is 12.9. The molecule has 2 nitrogen and oxygen atoms in total. The molecule has 270 valence electrons. The number of aromatic nitrogens is 2. The number of rotatable bonds is 5. The van der Waals surface area contributed by atoms with Crippen LogP contribution in [0.1, 0.15) is 30.9 Å². The van der Waals surface area contributed by atoms with Crippen molar-refractivity contribution in [2.24, 2.45) is 0 Å². The van der Waals surface area contributed by atoms with Crippen LogP contribution in [0, 0.1) is 0 Å². The highest BCUT2D eigenvalue weighted by Gasteiger charge is 2.24. The van der Waals surface area contributed by atoms with E-state index in [-0.39, 0.29) is 6.04 Å². The lowest BCUT2D eigenvalue weighted by atomic mass is 9.85. The lowest BCUT2D eigenvalue weighted by Gasteiger charge is -2.27. The summed E-state index contributed by atoms with van der Waals surface area (Å²) in [6, 6.07) is 58.9. The summed E-state index contributed by atoms with van der Waals surface area (Å²) in [6.45, 7) is 0. The van der Waals surface area contributed by atoms with Crippen LogP contribution >= 0.6 is 11.3 Å². The van der Waals surface area contributed by atoms with E-state index in [0.717, 1.165) is 19.3 Å². The zero-order chi connectivity index (χ0) is 37.5. The normalized spacial score (nSPS) is 15.9. The van der Waals surface area contributed by atoms with Crippen LogP contribution < -0.4 is 0 Å². The number of para-hydroxylation sites is 2. The lowest BCUT2D eigenvalue weighted by molar-refractivity contribution is 0.631. The van der Waals surface area contributed by atoms with Crippen LogP contribution in [0.2, 0.25) is 0 Å². The third-order valence-electron chi connectivity index (χ3n) is 12.3. The summed E-state index contributed by atoms with van der Waals surface area (Å²) >= 11 is 1.87. The topological polar surface area (TPSA) is 9.86 Å². The van der Waals surface area contributed by atoms with Crippen molar-refractivity contribution in [1.82, 2.24) is 9.13 Å². The van der Waals surface area contributed by atoms with Crippen LogP contribution in [-0.2, 0) is 0 Å². The van der Waals surface area contributed by atoms with Crippen molar-refractivity contribution in [3.63, 3.8) is 0 Å². The molecule has 0 amide bonds. The van der Waals surface area contributed by atoms with E-state index in [1.807, 2.05) is 11.3 Å². The Hall–Kier alpha value is -6.68. The van der Waals surface area contributed by atoms with Crippen LogP contribution in [0.3, 0.4) is 0 Å². The van der Waals surface area contributed by atoms with Crippen molar-refractivity contribution in [3.8, 4) is 16.8 Å². The van der Waals surface area contributed by atoms with Gasteiger partial charge in [-0.15, -0.1) is 11.3 Å². The molecule has 3 heteroatoms.